The van der Waals surface area contributed by atoms with Crippen molar-refractivity contribution < 1.29 is 4.79 Å². The predicted molar refractivity (Wildman–Crippen MR) is 93.9 cm³/mol. The van der Waals surface area contributed by atoms with Gasteiger partial charge >= 0.3 is 0 Å². The molecule has 0 unspecified atom stereocenters. The van der Waals surface area contributed by atoms with Gasteiger partial charge in [-0.1, -0.05) is 83.5 Å². The Morgan fingerprint density at radius 2 is 0.909 bits per heavy atom. The molecular weight excluding hydrogens is 270 g/mol. The minimum Gasteiger partial charge on any atom is -0.353 e. The van der Waals surface area contributed by atoms with Crippen LogP contribution in [0.1, 0.15) is 109 Å². The molecule has 1 amide bonds. The standard InChI is InChI=1S/C20H37NO/c22-20(18-14-10-6-2-1-3-7-11-15-18)21-19-16-12-8-4-5-9-13-17-19/h18-19H,1-17H2,(H,21,22). The van der Waals surface area contributed by atoms with Crippen LogP contribution >= 0.6 is 0 Å². The molecule has 128 valence electrons. The van der Waals surface area contributed by atoms with Gasteiger partial charge in [0.1, 0.15) is 0 Å². The first kappa shape index (κ1) is 17.8. The van der Waals surface area contributed by atoms with Crippen molar-refractivity contribution in [2.24, 2.45) is 5.92 Å². The van der Waals surface area contributed by atoms with E-state index >= 15 is 0 Å². The van der Waals surface area contributed by atoms with E-state index in [0.717, 1.165) is 12.8 Å². The number of carbonyl (C=O) groups excluding carboxylic acids is 1. The predicted octanol–water partition coefficient (Wildman–Crippen LogP) is 5.75. The lowest BCUT2D eigenvalue weighted by Gasteiger charge is -2.23. The van der Waals surface area contributed by atoms with Gasteiger partial charge in [-0.25, -0.2) is 0 Å². The van der Waals surface area contributed by atoms with Gasteiger partial charge < -0.3 is 5.32 Å². The summed E-state index contributed by atoms with van der Waals surface area (Å²) in [6.45, 7) is 0. The average Bonchev–Trinajstić information content (AvgIpc) is 2.66. The second-order valence-corrected chi connectivity index (χ2v) is 7.65. The van der Waals surface area contributed by atoms with E-state index < -0.39 is 0 Å². The third-order valence-electron chi connectivity index (χ3n) is 5.68. The lowest BCUT2D eigenvalue weighted by atomic mass is 9.91. The van der Waals surface area contributed by atoms with Crippen molar-refractivity contribution in [3.8, 4) is 0 Å². The molecule has 1 N–H and O–H groups in total. The third kappa shape index (κ3) is 7.15. The molecule has 2 saturated carbocycles. The van der Waals surface area contributed by atoms with Crippen molar-refractivity contribution in [3.05, 3.63) is 0 Å². The maximum Gasteiger partial charge on any atom is 0.223 e. The molecule has 2 aliphatic rings. The normalized spacial score (nSPS) is 24.7. The zero-order valence-electron chi connectivity index (χ0n) is 14.6. The molecule has 0 spiro atoms. The number of carbonyl (C=O) groups is 1. The molecule has 0 aromatic rings. The Kier molecular flexibility index (Phi) is 8.97. The first-order valence-electron chi connectivity index (χ1n) is 10.2. The van der Waals surface area contributed by atoms with E-state index in [0.29, 0.717) is 17.9 Å². The summed E-state index contributed by atoms with van der Waals surface area (Å²) in [5, 5.41) is 3.43. The van der Waals surface area contributed by atoms with Crippen LogP contribution in [0, 0.1) is 5.92 Å². The van der Waals surface area contributed by atoms with Gasteiger partial charge in [0.25, 0.3) is 0 Å². The van der Waals surface area contributed by atoms with Crippen LogP contribution in [0.2, 0.25) is 0 Å². The Hall–Kier alpha value is -0.530. The Morgan fingerprint density at radius 1 is 0.545 bits per heavy atom. The Labute approximate surface area is 137 Å². The van der Waals surface area contributed by atoms with Crippen LogP contribution in [-0.2, 0) is 4.79 Å². The highest BCUT2D eigenvalue weighted by Gasteiger charge is 2.21. The maximum absolute atomic E-state index is 12.7. The van der Waals surface area contributed by atoms with E-state index in [1.807, 2.05) is 0 Å². The van der Waals surface area contributed by atoms with Gasteiger partial charge in [-0.2, -0.15) is 0 Å². The highest BCUT2D eigenvalue weighted by Crippen LogP contribution is 2.23. The van der Waals surface area contributed by atoms with E-state index in [2.05, 4.69) is 5.32 Å². The average molecular weight is 308 g/mol. The highest BCUT2D eigenvalue weighted by molar-refractivity contribution is 5.78. The summed E-state index contributed by atoms with van der Waals surface area (Å²) in [4.78, 5) is 12.7. The largest absolute Gasteiger partial charge is 0.353 e. The van der Waals surface area contributed by atoms with E-state index in [9.17, 15) is 4.79 Å². The second kappa shape index (κ2) is 11.1. The summed E-state index contributed by atoms with van der Waals surface area (Å²) in [6.07, 6.45) is 22.1. The minimum atomic E-state index is 0.297. The van der Waals surface area contributed by atoms with Crippen molar-refractivity contribution in [2.45, 2.75) is 115 Å². The summed E-state index contributed by atoms with van der Waals surface area (Å²) in [5.74, 6) is 0.676. The number of amides is 1. The fourth-order valence-electron chi connectivity index (χ4n) is 4.17. The molecule has 0 atom stereocenters. The molecule has 2 fully saturated rings. The SMILES string of the molecule is O=C(NC1CCCCCCCC1)C1CCCCCCCCC1. The molecule has 22 heavy (non-hydrogen) atoms. The Bertz CT molecular complexity index is 282. The summed E-state index contributed by atoms with van der Waals surface area (Å²) in [7, 11) is 0. The van der Waals surface area contributed by atoms with Gasteiger partial charge in [-0.05, 0) is 25.7 Å². The first-order valence-corrected chi connectivity index (χ1v) is 10.2. The molecule has 0 aromatic heterocycles. The van der Waals surface area contributed by atoms with Gasteiger partial charge in [0.05, 0.1) is 0 Å². The summed E-state index contributed by atoms with van der Waals surface area (Å²) in [6, 6.07) is 0.459. The van der Waals surface area contributed by atoms with Crippen molar-refractivity contribution in [2.75, 3.05) is 0 Å². The fraction of sp³-hybridized carbons (Fsp3) is 0.950. The third-order valence-corrected chi connectivity index (χ3v) is 5.68. The molecule has 0 radical (unpaired) electrons. The van der Waals surface area contributed by atoms with Gasteiger partial charge in [0.2, 0.25) is 5.91 Å². The fourth-order valence-corrected chi connectivity index (χ4v) is 4.17. The van der Waals surface area contributed by atoms with Crippen molar-refractivity contribution in [1.82, 2.24) is 5.32 Å². The van der Waals surface area contributed by atoms with Crippen LogP contribution < -0.4 is 5.32 Å². The summed E-state index contributed by atoms with van der Waals surface area (Å²) < 4.78 is 0. The smallest absolute Gasteiger partial charge is 0.223 e. The lowest BCUT2D eigenvalue weighted by Crippen LogP contribution is -2.39. The van der Waals surface area contributed by atoms with Crippen LogP contribution in [0.5, 0.6) is 0 Å². The van der Waals surface area contributed by atoms with Gasteiger partial charge in [0, 0.05) is 12.0 Å². The number of hydrogen-bond acceptors (Lipinski definition) is 1. The quantitative estimate of drug-likeness (QED) is 0.691. The molecule has 2 rings (SSSR count). The van der Waals surface area contributed by atoms with Crippen molar-refractivity contribution >= 4 is 5.91 Å². The zero-order valence-corrected chi connectivity index (χ0v) is 14.6. The summed E-state index contributed by atoms with van der Waals surface area (Å²) >= 11 is 0. The number of hydrogen-bond donors (Lipinski definition) is 1. The molecular formula is C20H37NO. The number of nitrogens with one attached hydrogen (secondary N) is 1. The van der Waals surface area contributed by atoms with Crippen LogP contribution in [0.4, 0.5) is 0 Å². The molecule has 0 bridgehead atoms. The van der Waals surface area contributed by atoms with E-state index in [1.165, 1.54) is 96.3 Å². The van der Waals surface area contributed by atoms with E-state index in [1.54, 1.807) is 0 Å². The topological polar surface area (TPSA) is 29.1 Å². The highest BCUT2D eigenvalue weighted by atomic mass is 16.1. The molecule has 0 heterocycles. The van der Waals surface area contributed by atoms with Crippen molar-refractivity contribution in [1.29, 1.82) is 0 Å². The molecule has 0 aliphatic heterocycles. The first-order chi connectivity index (χ1) is 10.9. The molecule has 0 aromatic carbocycles. The molecule has 2 aliphatic carbocycles. The maximum atomic E-state index is 12.7. The Morgan fingerprint density at radius 3 is 1.36 bits per heavy atom. The monoisotopic (exact) mass is 307 g/mol. The van der Waals surface area contributed by atoms with Crippen LogP contribution in [0.15, 0.2) is 0 Å². The van der Waals surface area contributed by atoms with Gasteiger partial charge in [-0.15, -0.1) is 0 Å². The number of rotatable bonds is 2. The van der Waals surface area contributed by atoms with E-state index in [4.69, 9.17) is 0 Å². The zero-order chi connectivity index (χ0) is 15.5. The van der Waals surface area contributed by atoms with Gasteiger partial charge in [0.15, 0.2) is 0 Å². The van der Waals surface area contributed by atoms with Crippen LogP contribution in [0.3, 0.4) is 0 Å². The van der Waals surface area contributed by atoms with Crippen molar-refractivity contribution in [3.63, 3.8) is 0 Å². The summed E-state index contributed by atoms with van der Waals surface area (Å²) in [5.41, 5.74) is 0. The minimum absolute atomic E-state index is 0.297. The van der Waals surface area contributed by atoms with Gasteiger partial charge in [-0.3, -0.25) is 4.79 Å². The lowest BCUT2D eigenvalue weighted by molar-refractivity contribution is -0.126. The van der Waals surface area contributed by atoms with Crippen LogP contribution in [0.25, 0.3) is 0 Å². The second-order valence-electron chi connectivity index (χ2n) is 7.65. The molecule has 2 nitrogen and oxygen atoms in total. The molecule has 0 saturated heterocycles. The Balaban J connectivity index is 1.78. The van der Waals surface area contributed by atoms with Crippen LogP contribution in [-0.4, -0.2) is 11.9 Å². The molecule has 2 heteroatoms. The van der Waals surface area contributed by atoms with E-state index in [-0.39, 0.29) is 0 Å².